The number of aromatic nitrogens is 2. The number of hydrogen-bond acceptors (Lipinski definition) is 4. The molecule has 86 valence electrons. The molecule has 0 bridgehead atoms. The number of aliphatic hydroxyl groups excluding tert-OH is 1. The zero-order valence-corrected chi connectivity index (χ0v) is 8.97. The average molecular weight is 221 g/mol. The summed E-state index contributed by atoms with van der Waals surface area (Å²) in [6.45, 7) is 1.72. The molecule has 16 heavy (non-hydrogen) atoms. The average Bonchev–Trinajstić information content (AvgIpc) is 2.67. The van der Waals surface area contributed by atoms with Crippen molar-refractivity contribution in [3.05, 3.63) is 24.5 Å². The van der Waals surface area contributed by atoms with E-state index >= 15 is 0 Å². The second kappa shape index (κ2) is 4.96. The predicted octanol–water partition coefficient (Wildman–Crippen LogP) is 0.627. The van der Waals surface area contributed by atoms with Crippen LogP contribution in [-0.4, -0.2) is 34.5 Å². The molecule has 0 spiro atoms. The van der Waals surface area contributed by atoms with Crippen LogP contribution < -0.4 is 5.73 Å². The highest BCUT2D eigenvalue weighted by molar-refractivity contribution is 5.78. The molecule has 0 aliphatic heterocycles. The van der Waals surface area contributed by atoms with Crippen LogP contribution in [0.3, 0.4) is 0 Å². The third-order valence-electron chi connectivity index (χ3n) is 2.36. The summed E-state index contributed by atoms with van der Waals surface area (Å²) in [6, 6.07) is 5.65. The molecular formula is C11H15N3O2. The third-order valence-corrected chi connectivity index (χ3v) is 2.36. The summed E-state index contributed by atoms with van der Waals surface area (Å²) in [4.78, 5) is 4.26. The molecule has 0 fully saturated rings. The number of aliphatic hydroxyl groups is 1. The fraction of sp³-hybridized carbons (Fsp3) is 0.364. The molecule has 0 aliphatic rings. The Morgan fingerprint density at radius 1 is 1.38 bits per heavy atom. The van der Waals surface area contributed by atoms with E-state index in [1.54, 1.807) is 6.33 Å². The Labute approximate surface area is 93.5 Å². The van der Waals surface area contributed by atoms with Gasteiger partial charge in [0.2, 0.25) is 0 Å². The number of nitrogens with two attached hydrogens (primary N) is 1. The Kier molecular flexibility index (Phi) is 3.38. The normalized spacial score (nSPS) is 11.1. The lowest BCUT2D eigenvalue weighted by Crippen LogP contribution is -2.07. The molecule has 5 heteroatoms. The molecule has 1 heterocycles. The van der Waals surface area contributed by atoms with Gasteiger partial charge in [-0.05, 0) is 18.2 Å². The first kappa shape index (κ1) is 10.9. The Morgan fingerprint density at radius 3 is 3.06 bits per heavy atom. The quantitative estimate of drug-likeness (QED) is 0.573. The van der Waals surface area contributed by atoms with Gasteiger partial charge in [0.15, 0.2) is 0 Å². The lowest BCUT2D eigenvalue weighted by atomic mass is 10.3. The van der Waals surface area contributed by atoms with Crippen LogP contribution in [0.1, 0.15) is 0 Å². The van der Waals surface area contributed by atoms with Gasteiger partial charge < -0.3 is 20.1 Å². The first-order valence-electron chi connectivity index (χ1n) is 5.20. The van der Waals surface area contributed by atoms with Gasteiger partial charge in [-0.2, -0.15) is 0 Å². The van der Waals surface area contributed by atoms with E-state index in [0.717, 1.165) is 17.6 Å². The van der Waals surface area contributed by atoms with Crippen molar-refractivity contribution in [3.63, 3.8) is 0 Å². The fourth-order valence-electron chi connectivity index (χ4n) is 1.59. The molecule has 2 aromatic rings. The minimum absolute atomic E-state index is 0.0568. The van der Waals surface area contributed by atoms with Crippen molar-refractivity contribution >= 4 is 16.7 Å². The van der Waals surface area contributed by atoms with Crippen LogP contribution in [0.25, 0.3) is 11.0 Å². The first-order chi connectivity index (χ1) is 7.81. The Hall–Kier alpha value is -1.59. The summed E-state index contributed by atoms with van der Waals surface area (Å²) in [5.41, 5.74) is 8.32. The SMILES string of the molecule is Nc1ccc2c(c1)ncn2CCOCCO. The Bertz CT molecular complexity index is 467. The molecular weight excluding hydrogens is 206 g/mol. The van der Waals surface area contributed by atoms with Gasteiger partial charge in [-0.15, -0.1) is 0 Å². The van der Waals surface area contributed by atoms with Crippen molar-refractivity contribution < 1.29 is 9.84 Å². The molecule has 2 rings (SSSR count). The smallest absolute Gasteiger partial charge is 0.0959 e. The van der Waals surface area contributed by atoms with Crippen LogP contribution in [-0.2, 0) is 11.3 Å². The Balaban J connectivity index is 2.07. The molecule has 1 aromatic carbocycles. The summed E-state index contributed by atoms with van der Waals surface area (Å²) >= 11 is 0. The maximum absolute atomic E-state index is 8.57. The topological polar surface area (TPSA) is 73.3 Å². The van der Waals surface area contributed by atoms with Crippen molar-refractivity contribution in [1.29, 1.82) is 0 Å². The van der Waals surface area contributed by atoms with Crippen LogP contribution in [0.2, 0.25) is 0 Å². The van der Waals surface area contributed by atoms with Crippen LogP contribution in [0, 0.1) is 0 Å². The second-order valence-corrected chi connectivity index (χ2v) is 3.52. The van der Waals surface area contributed by atoms with Crippen LogP contribution in [0.4, 0.5) is 5.69 Å². The second-order valence-electron chi connectivity index (χ2n) is 3.52. The van der Waals surface area contributed by atoms with Gasteiger partial charge in [0, 0.05) is 12.2 Å². The van der Waals surface area contributed by atoms with Gasteiger partial charge in [0.25, 0.3) is 0 Å². The zero-order valence-electron chi connectivity index (χ0n) is 8.97. The maximum Gasteiger partial charge on any atom is 0.0959 e. The molecule has 0 atom stereocenters. The number of imidazole rings is 1. The minimum atomic E-state index is 0.0568. The number of nitrogens with zero attached hydrogens (tertiary/aromatic N) is 2. The zero-order chi connectivity index (χ0) is 11.4. The molecule has 0 aliphatic carbocycles. The van der Waals surface area contributed by atoms with E-state index in [1.807, 2.05) is 22.8 Å². The van der Waals surface area contributed by atoms with Crippen LogP contribution >= 0.6 is 0 Å². The van der Waals surface area contributed by atoms with Crippen molar-refractivity contribution in [2.75, 3.05) is 25.6 Å². The van der Waals surface area contributed by atoms with Crippen LogP contribution in [0.5, 0.6) is 0 Å². The molecule has 3 N–H and O–H groups in total. The molecule has 0 unspecified atom stereocenters. The number of rotatable bonds is 5. The van der Waals surface area contributed by atoms with Gasteiger partial charge in [0.1, 0.15) is 0 Å². The summed E-state index contributed by atoms with van der Waals surface area (Å²) in [5.74, 6) is 0. The summed E-state index contributed by atoms with van der Waals surface area (Å²) < 4.78 is 7.21. The standard InChI is InChI=1S/C11H15N3O2/c12-9-1-2-11-10(7-9)13-8-14(11)3-5-16-6-4-15/h1-2,7-8,15H,3-6,12H2. The van der Waals surface area contributed by atoms with E-state index in [1.165, 1.54) is 0 Å². The monoisotopic (exact) mass is 221 g/mol. The molecule has 0 saturated carbocycles. The lowest BCUT2D eigenvalue weighted by Gasteiger charge is -2.04. The van der Waals surface area contributed by atoms with Gasteiger partial charge in [0.05, 0.1) is 37.2 Å². The summed E-state index contributed by atoms with van der Waals surface area (Å²) in [5, 5.41) is 8.57. The Morgan fingerprint density at radius 2 is 2.25 bits per heavy atom. The summed E-state index contributed by atoms with van der Waals surface area (Å²) in [6.07, 6.45) is 1.77. The number of ether oxygens (including phenoxy) is 1. The van der Waals surface area contributed by atoms with E-state index in [2.05, 4.69) is 4.98 Å². The van der Waals surface area contributed by atoms with Gasteiger partial charge in [-0.25, -0.2) is 4.98 Å². The number of nitrogen functional groups attached to an aromatic ring is 1. The van der Waals surface area contributed by atoms with Crippen molar-refractivity contribution in [2.45, 2.75) is 6.54 Å². The highest BCUT2D eigenvalue weighted by atomic mass is 16.5. The van der Waals surface area contributed by atoms with Gasteiger partial charge in [-0.1, -0.05) is 0 Å². The number of benzene rings is 1. The predicted molar refractivity (Wildman–Crippen MR) is 62.1 cm³/mol. The van der Waals surface area contributed by atoms with Crippen molar-refractivity contribution in [2.24, 2.45) is 0 Å². The molecule has 5 nitrogen and oxygen atoms in total. The molecule has 0 saturated heterocycles. The maximum atomic E-state index is 8.57. The third kappa shape index (κ3) is 2.32. The van der Waals surface area contributed by atoms with E-state index in [9.17, 15) is 0 Å². The van der Waals surface area contributed by atoms with E-state index in [4.69, 9.17) is 15.6 Å². The van der Waals surface area contributed by atoms with Crippen molar-refractivity contribution in [1.82, 2.24) is 9.55 Å². The fourth-order valence-corrected chi connectivity index (χ4v) is 1.59. The van der Waals surface area contributed by atoms with E-state index in [-0.39, 0.29) is 6.61 Å². The molecule has 0 amide bonds. The van der Waals surface area contributed by atoms with Gasteiger partial charge >= 0.3 is 0 Å². The van der Waals surface area contributed by atoms with Gasteiger partial charge in [-0.3, -0.25) is 0 Å². The van der Waals surface area contributed by atoms with E-state index in [0.29, 0.717) is 18.9 Å². The highest BCUT2D eigenvalue weighted by Crippen LogP contribution is 2.15. The van der Waals surface area contributed by atoms with Crippen molar-refractivity contribution in [3.8, 4) is 0 Å². The number of hydrogen-bond donors (Lipinski definition) is 2. The summed E-state index contributed by atoms with van der Waals surface area (Å²) in [7, 11) is 0. The minimum Gasteiger partial charge on any atom is -0.399 e. The molecule has 1 aromatic heterocycles. The number of fused-ring (bicyclic) bond motifs is 1. The first-order valence-corrected chi connectivity index (χ1v) is 5.20. The number of anilines is 1. The lowest BCUT2D eigenvalue weighted by molar-refractivity contribution is 0.0875. The highest BCUT2D eigenvalue weighted by Gasteiger charge is 2.02. The van der Waals surface area contributed by atoms with E-state index < -0.39 is 0 Å². The largest absolute Gasteiger partial charge is 0.399 e. The van der Waals surface area contributed by atoms with Crippen LogP contribution in [0.15, 0.2) is 24.5 Å². The molecule has 0 radical (unpaired) electrons.